The molecule has 9 heteroatoms. The molecule has 1 amide bonds. The summed E-state index contributed by atoms with van der Waals surface area (Å²) in [7, 11) is -3.62. The number of morpholine rings is 1. The Labute approximate surface area is 182 Å². The topological polar surface area (TPSA) is 84.9 Å². The molecule has 0 aliphatic carbocycles. The SMILES string of the molecule is Cc1cc(OCC(=O)Nc2ccc(S(=O)(=O)N3CC(C)OC(C)C3)cc2)ccc1Cl. The van der Waals surface area contributed by atoms with E-state index in [-0.39, 0.29) is 29.6 Å². The number of anilines is 1. The molecular weight excluding hydrogens is 428 g/mol. The van der Waals surface area contributed by atoms with Gasteiger partial charge < -0.3 is 14.8 Å². The third-order valence-electron chi connectivity index (χ3n) is 4.66. The van der Waals surface area contributed by atoms with Gasteiger partial charge in [-0.05, 0) is 68.8 Å². The van der Waals surface area contributed by atoms with E-state index in [2.05, 4.69) is 5.32 Å². The molecule has 1 saturated heterocycles. The highest BCUT2D eigenvalue weighted by molar-refractivity contribution is 7.89. The number of carbonyl (C=O) groups excluding carboxylic acids is 1. The van der Waals surface area contributed by atoms with Crippen LogP contribution in [0.4, 0.5) is 5.69 Å². The highest BCUT2D eigenvalue weighted by Crippen LogP contribution is 2.23. The van der Waals surface area contributed by atoms with E-state index in [1.54, 1.807) is 30.3 Å². The minimum atomic E-state index is -3.62. The van der Waals surface area contributed by atoms with Crippen LogP contribution in [0.1, 0.15) is 19.4 Å². The first kappa shape index (κ1) is 22.6. The second-order valence-corrected chi connectivity index (χ2v) is 9.70. The number of benzene rings is 2. The van der Waals surface area contributed by atoms with Gasteiger partial charge in [0.2, 0.25) is 10.0 Å². The Bertz CT molecular complexity index is 1000. The summed E-state index contributed by atoms with van der Waals surface area (Å²) in [5.41, 5.74) is 1.34. The lowest BCUT2D eigenvalue weighted by Crippen LogP contribution is -2.48. The van der Waals surface area contributed by atoms with Gasteiger partial charge in [0.25, 0.3) is 5.91 Å². The molecule has 30 heavy (non-hydrogen) atoms. The van der Waals surface area contributed by atoms with E-state index in [0.717, 1.165) is 5.56 Å². The Morgan fingerprint density at radius 1 is 1.17 bits per heavy atom. The maximum absolute atomic E-state index is 12.9. The molecule has 2 aromatic rings. The van der Waals surface area contributed by atoms with Gasteiger partial charge in [-0.15, -0.1) is 0 Å². The first-order chi connectivity index (χ1) is 14.1. The van der Waals surface area contributed by atoms with Crippen molar-refractivity contribution in [2.75, 3.05) is 25.0 Å². The van der Waals surface area contributed by atoms with Crippen LogP contribution in [0.15, 0.2) is 47.4 Å². The Kier molecular flexibility index (Phi) is 7.02. The maximum atomic E-state index is 12.9. The van der Waals surface area contributed by atoms with E-state index in [9.17, 15) is 13.2 Å². The maximum Gasteiger partial charge on any atom is 0.262 e. The molecule has 1 heterocycles. The number of rotatable bonds is 6. The standard InChI is InChI=1S/C21H25ClN2O5S/c1-14-10-18(6-9-20(14)22)28-13-21(25)23-17-4-7-19(8-5-17)30(26,27)24-11-15(2)29-16(3)12-24/h4-10,15-16H,11-13H2,1-3H3,(H,23,25). The third kappa shape index (κ3) is 5.51. The van der Waals surface area contributed by atoms with Crippen molar-refractivity contribution in [3.63, 3.8) is 0 Å². The number of ether oxygens (including phenoxy) is 2. The summed E-state index contributed by atoms with van der Waals surface area (Å²) in [6, 6.07) is 11.2. The number of aryl methyl sites for hydroxylation is 1. The van der Waals surface area contributed by atoms with Crippen LogP contribution >= 0.6 is 11.6 Å². The van der Waals surface area contributed by atoms with Crippen LogP contribution in [0.5, 0.6) is 5.75 Å². The van der Waals surface area contributed by atoms with Gasteiger partial charge in [0.05, 0.1) is 17.1 Å². The van der Waals surface area contributed by atoms with E-state index < -0.39 is 10.0 Å². The van der Waals surface area contributed by atoms with E-state index in [4.69, 9.17) is 21.1 Å². The number of sulfonamides is 1. The van der Waals surface area contributed by atoms with Crippen molar-refractivity contribution < 1.29 is 22.7 Å². The molecule has 0 bridgehead atoms. The molecule has 0 spiro atoms. The highest BCUT2D eigenvalue weighted by atomic mass is 35.5. The zero-order valence-electron chi connectivity index (χ0n) is 17.1. The molecule has 0 aromatic heterocycles. The van der Waals surface area contributed by atoms with Crippen molar-refractivity contribution in [3.05, 3.63) is 53.1 Å². The van der Waals surface area contributed by atoms with Gasteiger partial charge in [-0.25, -0.2) is 8.42 Å². The van der Waals surface area contributed by atoms with Crippen molar-refractivity contribution in [3.8, 4) is 5.75 Å². The van der Waals surface area contributed by atoms with Crippen LogP contribution in [0.25, 0.3) is 0 Å². The van der Waals surface area contributed by atoms with Crippen molar-refractivity contribution in [2.45, 2.75) is 37.9 Å². The summed E-state index contributed by atoms with van der Waals surface area (Å²) in [6.45, 7) is 6.00. The number of carbonyl (C=O) groups is 1. The van der Waals surface area contributed by atoms with Crippen LogP contribution in [0.3, 0.4) is 0 Å². The number of nitrogens with zero attached hydrogens (tertiary/aromatic N) is 1. The van der Waals surface area contributed by atoms with Gasteiger partial charge in [-0.3, -0.25) is 4.79 Å². The summed E-state index contributed by atoms with van der Waals surface area (Å²) in [6.07, 6.45) is -0.321. The summed E-state index contributed by atoms with van der Waals surface area (Å²) in [5, 5.41) is 3.32. The molecule has 2 atom stereocenters. The monoisotopic (exact) mass is 452 g/mol. The van der Waals surface area contributed by atoms with Gasteiger partial charge in [-0.2, -0.15) is 4.31 Å². The molecule has 2 unspecified atom stereocenters. The minimum Gasteiger partial charge on any atom is -0.484 e. The average molecular weight is 453 g/mol. The quantitative estimate of drug-likeness (QED) is 0.725. The second-order valence-electron chi connectivity index (χ2n) is 7.35. The van der Waals surface area contributed by atoms with Crippen molar-refractivity contribution in [1.29, 1.82) is 0 Å². The normalized spacial score (nSPS) is 20.0. The molecule has 3 rings (SSSR count). The number of nitrogens with one attached hydrogen (secondary N) is 1. The number of hydrogen-bond acceptors (Lipinski definition) is 5. The fourth-order valence-electron chi connectivity index (χ4n) is 3.24. The number of hydrogen-bond donors (Lipinski definition) is 1. The molecule has 1 aliphatic rings. The average Bonchev–Trinajstić information content (AvgIpc) is 2.68. The third-order valence-corrected chi connectivity index (χ3v) is 6.93. The molecule has 162 valence electrons. The Morgan fingerprint density at radius 3 is 2.40 bits per heavy atom. The van der Waals surface area contributed by atoms with E-state index in [0.29, 0.717) is 29.5 Å². The second kappa shape index (κ2) is 9.34. The van der Waals surface area contributed by atoms with Gasteiger partial charge in [0, 0.05) is 23.8 Å². The Morgan fingerprint density at radius 2 is 1.80 bits per heavy atom. The zero-order valence-corrected chi connectivity index (χ0v) is 18.7. The van der Waals surface area contributed by atoms with E-state index in [1.807, 2.05) is 20.8 Å². The first-order valence-electron chi connectivity index (χ1n) is 9.59. The summed E-state index contributed by atoms with van der Waals surface area (Å²) in [4.78, 5) is 12.3. The molecule has 0 saturated carbocycles. The van der Waals surface area contributed by atoms with Crippen LogP contribution in [0, 0.1) is 6.92 Å². The van der Waals surface area contributed by atoms with E-state index >= 15 is 0 Å². The van der Waals surface area contributed by atoms with Crippen LogP contribution < -0.4 is 10.1 Å². The van der Waals surface area contributed by atoms with Gasteiger partial charge in [0.15, 0.2) is 6.61 Å². The summed E-state index contributed by atoms with van der Waals surface area (Å²) < 4.78 is 38.3. The predicted octanol–water partition coefficient (Wildman–Crippen LogP) is 3.46. The highest BCUT2D eigenvalue weighted by Gasteiger charge is 2.32. The molecule has 0 radical (unpaired) electrons. The van der Waals surface area contributed by atoms with Crippen LogP contribution in [0.2, 0.25) is 5.02 Å². The first-order valence-corrected chi connectivity index (χ1v) is 11.4. The Hall–Kier alpha value is -2.13. The molecule has 1 fully saturated rings. The fourth-order valence-corrected chi connectivity index (χ4v) is 4.95. The van der Waals surface area contributed by atoms with Crippen molar-refractivity contribution >= 4 is 33.2 Å². The molecule has 1 aliphatic heterocycles. The van der Waals surface area contributed by atoms with Gasteiger partial charge >= 0.3 is 0 Å². The lowest BCUT2D eigenvalue weighted by molar-refractivity contribution is -0.118. The largest absolute Gasteiger partial charge is 0.484 e. The number of amides is 1. The van der Waals surface area contributed by atoms with E-state index in [1.165, 1.54) is 16.4 Å². The predicted molar refractivity (Wildman–Crippen MR) is 116 cm³/mol. The van der Waals surface area contributed by atoms with Crippen LogP contribution in [-0.4, -0.2) is 50.5 Å². The summed E-state index contributed by atoms with van der Waals surface area (Å²) >= 11 is 5.97. The lowest BCUT2D eigenvalue weighted by Gasteiger charge is -2.34. The van der Waals surface area contributed by atoms with Crippen molar-refractivity contribution in [2.24, 2.45) is 0 Å². The fraction of sp³-hybridized carbons (Fsp3) is 0.381. The molecule has 7 nitrogen and oxygen atoms in total. The van der Waals surface area contributed by atoms with Crippen LogP contribution in [-0.2, 0) is 19.6 Å². The Balaban J connectivity index is 1.59. The zero-order chi connectivity index (χ0) is 21.9. The van der Waals surface area contributed by atoms with Gasteiger partial charge in [0.1, 0.15) is 5.75 Å². The number of halogens is 1. The lowest BCUT2D eigenvalue weighted by atomic mass is 10.2. The summed E-state index contributed by atoms with van der Waals surface area (Å²) in [5.74, 6) is 0.191. The van der Waals surface area contributed by atoms with Crippen molar-refractivity contribution in [1.82, 2.24) is 4.31 Å². The molecule has 1 N–H and O–H groups in total. The minimum absolute atomic E-state index is 0.161. The smallest absolute Gasteiger partial charge is 0.262 e. The molecule has 2 aromatic carbocycles. The molecular formula is C21H25ClN2O5S. The van der Waals surface area contributed by atoms with Gasteiger partial charge in [-0.1, -0.05) is 11.6 Å².